The van der Waals surface area contributed by atoms with Crippen molar-refractivity contribution in [2.45, 2.75) is 45.8 Å². The second-order valence-corrected chi connectivity index (χ2v) is 11.5. The van der Waals surface area contributed by atoms with E-state index in [0.29, 0.717) is 11.1 Å². The first-order chi connectivity index (χ1) is 18.2. The number of piperazine rings is 1. The second-order valence-electron chi connectivity index (χ2n) is 11.1. The van der Waals surface area contributed by atoms with Crippen LogP contribution in [0.5, 0.6) is 0 Å². The van der Waals surface area contributed by atoms with Crippen molar-refractivity contribution in [3.63, 3.8) is 0 Å². The Bertz CT molecular complexity index is 1420. The number of halogens is 2. The van der Waals surface area contributed by atoms with Gasteiger partial charge in [0, 0.05) is 37.8 Å². The zero-order valence-electron chi connectivity index (χ0n) is 22.9. The Morgan fingerprint density at radius 1 is 1.10 bits per heavy atom. The van der Waals surface area contributed by atoms with Crippen molar-refractivity contribution in [1.82, 2.24) is 19.8 Å². The number of hydrogen-bond donors (Lipinski definition) is 0. The number of ether oxygens (including phenoxy) is 1. The summed E-state index contributed by atoms with van der Waals surface area (Å²) in [5, 5.41) is 12.4. The maximum Gasteiger partial charge on any atom is 0.420 e. The highest BCUT2D eigenvalue weighted by Gasteiger charge is 2.37. The van der Waals surface area contributed by atoms with Crippen molar-refractivity contribution in [3.8, 4) is 0 Å². The van der Waals surface area contributed by atoms with Gasteiger partial charge in [0.25, 0.3) is 5.69 Å². The molecule has 0 unspecified atom stereocenters. The van der Waals surface area contributed by atoms with Crippen molar-refractivity contribution in [1.29, 1.82) is 0 Å². The molecule has 10 nitrogen and oxygen atoms in total. The maximum atomic E-state index is 14.0. The number of hydrogen-bond acceptors (Lipinski definition) is 8. The molecule has 0 radical (unpaired) electrons. The standard InChI is InChI=1S/C27H32ClFN6O4/c1-26(2,3)39-25(36)34(17-7-8-21(29)20(28)13-17)24-18-14-23(35(37)38)19(15-22(18)30-16-31-24)27(4,5)33-11-9-32(6)10-12-33/h7-8,13-16H,9-12H2,1-6H3. The summed E-state index contributed by atoms with van der Waals surface area (Å²) in [6, 6.07) is 6.83. The molecule has 4 rings (SSSR count). The minimum absolute atomic E-state index is 0.0454. The van der Waals surface area contributed by atoms with Crippen molar-refractivity contribution in [3.05, 3.63) is 63.2 Å². The first kappa shape index (κ1) is 28.6. The largest absolute Gasteiger partial charge is 0.443 e. The van der Waals surface area contributed by atoms with Gasteiger partial charge in [0.05, 0.1) is 32.1 Å². The fourth-order valence-electron chi connectivity index (χ4n) is 4.68. The van der Waals surface area contributed by atoms with Crippen molar-refractivity contribution >= 4 is 45.8 Å². The molecule has 1 aliphatic rings. The average molecular weight is 559 g/mol. The molecule has 1 amide bonds. The van der Waals surface area contributed by atoms with Crippen LogP contribution in [0.15, 0.2) is 36.7 Å². The van der Waals surface area contributed by atoms with E-state index < -0.39 is 28.0 Å². The van der Waals surface area contributed by atoms with Crippen LogP contribution in [0.2, 0.25) is 5.02 Å². The topological polar surface area (TPSA) is 105 Å². The minimum Gasteiger partial charge on any atom is -0.443 e. The Kier molecular flexibility index (Phi) is 7.79. The lowest BCUT2D eigenvalue weighted by molar-refractivity contribution is -0.386. The molecular weight excluding hydrogens is 527 g/mol. The van der Waals surface area contributed by atoms with E-state index in [2.05, 4.69) is 19.8 Å². The monoisotopic (exact) mass is 558 g/mol. The van der Waals surface area contributed by atoms with Crippen molar-refractivity contribution in [2.24, 2.45) is 0 Å². The van der Waals surface area contributed by atoms with Gasteiger partial charge >= 0.3 is 6.09 Å². The van der Waals surface area contributed by atoms with Gasteiger partial charge in [-0.1, -0.05) is 11.6 Å². The maximum absolute atomic E-state index is 14.0. The highest BCUT2D eigenvalue weighted by Crippen LogP contribution is 2.40. The first-order valence-corrected chi connectivity index (χ1v) is 12.9. The van der Waals surface area contributed by atoms with E-state index in [0.717, 1.165) is 37.1 Å². The van der Waals surface area contributed by atoms with Gasteiger partial charge < -0.3 is 9.64 Å². The molecular formula is C27H32ClFN6O4. The molecule has 0 bridgehead atoms. The number of nitrogens with zero attached hydrogens (tertiary/aromatic N) is 6. The third-order valence-corrected chi connectivity index (χ3v) is 7.12. The van der Waals surface area contributed by atoms with E-state index in [4.69, 9.17) is 16.3 Å². The Hall–Kier alpha value is -3.41. The van der Waals surface area contributed by atoms with Crippen LogP contribution in [0.4, 0.5) is 26.4 Å². The minimum atomic E-state index is -0.867. The molecule has 0 N–H and O–H groups in total. The van der Waals surface area contributed by atoms with Crippen molar-refractivity contribution < 1.29 is 18.8 Å². The lowest BCUT2D eigenvalue weighted by atomic mass is 9.89. The second kappa shape index (κ2) is 10.6. The normalized spacial score (nSPS) is 15.4. The number of fused-ring (bicyclic) bond motifs is 1. The number of carbonyl (C=O) groups excluding carboxylic acids is 1. The summed E-state index contributed by atoms with van der Waals surface area (Å²) in [6.07, 6.45) is 0.466. The van der Waals surface area contributed by atoms with E-state index in [9.17, 15) is 19.3 Å². The van der Waals surface area contributed by atoms with Crippen LogP contribution in [0.3, 0.4) is 0 Å². The number of rotatable bonds is 5. The highest BCUT2D eigenvalue weighted by atomic mass is 35.5. The first-order valence-electron chi connectivity index (χ1n) is 12.5. The smallest absolute Gasteiger partial charge is 0.420 e. The van der Waals surface area contributed by atoms with E-state index >= 15 is 0 Å². The van der Waals surface area contributed by atoms with Crippen molar-refractivity contribution in [2.75, 3.05) is 38.1 Å². The van der Waals surface area contributed by atoms with Gasteiger partial charge in [0.15, 0.2) is 5.82 Å². The number of nitro benzene ring substituents is 1. The molecule has 0 saturated carbocycles. The third-order valence-electron chi connectivity index (χ3n) is 6.83. The van der Waals surface area contributed by atoms with Crippen LogP contribution in [0.25, 0.3) is 10.9 Å². The number of nitro groups is 1. The van der Waals surface area contributed by atoms with Crippen LogP contribution in [0.1, 0.15) is 40.2 Å². The van der Waals surface area contributed by atoms with Gasteiger partial charge in [-0.2, -0.15) is 0 Å². The number of aromatic nitrogens is 2. The number of likely N-dealkylation sites (N-methyl/N-ethyl adjacent to an activating group) is 1. The van der Waals surface area contributed by atoms with Crippen LogP contribution in [0, 0.1) is 15.9 Å². The summed E-state index contributed by atoms with van der Waals surface area (Å²) in [6.45, 7) is 12.2. The van der Waals surface area contributed by atoms with E-state index in [1.54, 1.807) is 26.8 Å². The fourth-order valence-corrected chi connectivity index (χ4v) is 4.85. The summed E-state index contributed by atoms with van der Waals surface area (Å²) >= 11 is 6.04. The SMILES string of the molecule is CN1CCN(C(C)(C)c2cc3ncnc(N(C(=O)OC(C)(C)C)c4ccc(F)c(Cl)c4)c3cc2[N+](=O)[O-])CC1. The number of anilines is 2. The van der Waals surface area contributed by atoms with E-state index in [-0.39, 0.29) is 27.6 Å². The molecule has 12 heteroatoms. The van der Waals surface area contributed by atoms with Crippen LogP contribution < -0.4 is 4.90 Å². The van der Waals surface area contributed by atoms with Crippen LogP contribution in [-0.2, 0) is 10.3 Å². The predicted molar refractivity (Wildman–Crippen MR) is 148 cm³/mol. The van der Waals surface area contributed by atoms with Crippen LogP contribution in [-0.4, -0.2) is 69.6 Å². The molecule has 0 atom stereocenters. The molecule has 0 spiro atoms. The Labute approximate surface area is 231 Å². The van der Waals surface area contributed by atoms with E-state index in [1.807, 2.05) is 20.9 Å². The van der Waals surface area contributed by atoms with Gasteiger partial charge in [0.2, 0.25) is 0 Å². The summed E-state index contributed by atoms with van der Waals surface area (Å²) < 4.78 is 19.6. The molecule has 1 fully saturated rings. The molecule has 1 aromatic heterocycles. The lowest BCUT2D eigenvalue weighted by Crippen LogP contribution is -2.52. The quantitative estimate of drug-likeness (QED) is 0.282. The summed E-state index contributed by atoms with van der Waals surface area (Å²) in [5.41, 5.74) is -0.567. The molecule has 1 aliphatic heterocycles. The Balaban J connectivity index is 1.91. The molecule has 2 heterocycles. The number of benzene rings is 2. The summed E-state index contributed by atoms with van der Waals surface area (Å²) in [4.78, 5) is 39.6. The van der Waals surface area contributed by atoms with Gasteiger partial charge in [-0.25, -0.2) is 24.1 Å². The highest BCUT2D eigenvalue weighted by molar-refractivity contribution is 6.31. The zero-order chi connectivity index (χ0) is 28.7. The average Bonchev–Trinajstić information content (AvgIpc) is 2.85. The Morgan fingerprint density at radius 3 is 2.36 bits per heavy atom. The number of amides is 1. The molecule has 39 heavy (non-hydrogen) atoms. The van der Waals surface area contributed by atoms with Gasteiger partial charge in [-0.15, -0.1) is 0 Å². The molecule has 2 aromatic carbocycles. The third kappa shape index (κ3) is 5.95. The van der Waals surface area contributed by atoms with E-state index in [1.165, 1.54) is 24.5 Å². The number of carbonyl (C=O) groups is 1. The van der Waals surface area contributed by atoms with Crippen LogP contribution >= 0.6 is 11.6 Å². The zero-order valence-corrected chi connectivity index (χ0v) is 23.6. The summed E-state index contributed by atoms with van der Waals surface area (Å²) in [7, 11) is 2.05. The Morgan fingerprint density at radius 2 is 1.77 bits per heavy atom. The molecule has 0 aliphatic carbocycles. The molecule has 1 saturated heterocycles. The molecule has 208 valence electrons. The molecule has 3 aromatic rings. The van der Waals surface area contributed by atoms with Gasteiger partial charge in [-0.05, 0) is 65.9 Å². The fraction of sp³-hybridized carbons (Fsp3) is 0.444. The predicted octanol–water partition coefficient (Wildman–Crippen LogP) is 5.89. The lowest BCUT2D eigenvalue weighted by Gasteiger charge is -2.43. The van der Waals surface area contributed by atoms with Gasteiger partial charge in [-0.3, -0.25) is 15.0 Å². The van der Waals surface area contributed by atoms with Gasteiger partial charge in [0.1, 0.15) is 17.7 Å². The summed E-state index contributed by atoms with van der Waals surface area (Å²) in [5.74, 6) is -0.618.